The quantitative estimate of drug-likeness (QED) is 0.228. The van der Waals surface area contributed by atoms with Gasteiger partial charge in [-0.15, -0.1) is 0 Å². The fourth-order valence-electron chi connectivity index (χ4n) is 4.33. The van der Waals surface area contributed by atoms with Crippen molar-refractivity contribution in [1.82, 2.24) is 15.1 Å². The Bertz CT molecular complexity index is 1160. The number of furan rings is 1. The van der Waals surface area contributed by atoms with Gasteiger partial charge in [0.1, 0.15) is 11.6 Å². The topological polar surface area (TPSA) is 131 Å². The SMILES string of the molecule is CC(=O)c1cc2cc(NC(=N[C@H]3CCCCN(CC(=O)N4CCCC4)C3=O)NC#N)ccc2o1. The van der Waals surface area contributed by atoms with E-state index in [-0.39, 0.29) is 35.9 Å². The predicted molar refractivity (Wildman–Crippen MR) is 126 cm³/mol. The first-order valence-corrected chi connectivity index (χ1v) is 11.6. The van der Waals surface area contributed by atoms with Gasteiger partial charge >= 0.3 is 0 Å². The molecule has 34 heavy (non-hydrogen) atoms. The van der Waals surface area contributed by atoms with Gasteiger partial charge in [0, 0.05) is 37.6 Å². The normalized spacial score (nSPS) is 19.1. The van der Waals surface area contributed by atoms with E-state index in [1.165, 1.54) is 6.92 Å². The Kier molecular flexibility index (Phi) is 7.11. The van der Waals surface area contributed by atoms with Crippen LogP contribution in [0.25, 0.3) is 11.0 Å². The number of nitrogens with zero attached hydrogens (tertiary/aromatic N) is 4. The van der Waals surface area contributed by atoms with Crippen LogP contribution >= 0.6 is 0 Å². The summed E-state index contributed by atoms with van der Waals surface area (Å²) in [6.07, 6.45) is 5.99. The van der Waals surface area contributed by atoms with Gasteiger partial charge in [0.15, 0.2) is 17.7 Å². The predicted octanol–water partition coefficient (Wildman–Crippen LogP) is 2.48. The second-order valence-electron chi connectivity index (χ2n) is 8.62. The van der Waals surface area contributed by atoms with Crippen LogP contribution in [0.2, 0.25) is 0 Å². The number of likely N-dealkylation sites (tertiary alicyclic amines) is 2. The smallest absolute Gasteiger partial charge is 0.247 e. The maximum atomic E-state index is 13.2. The molecule has 1 aromatic carbocycles. The van der Waals surface area contributed by atoms with Crippen molar-refractivity contribution < 1.29 is 18.8 Å². The molecule has 0 radical (unpaired) electrons. The van der Waals surface area contributed by atoms with Gasteiger partial charge in [-0.05, 0) is 56.4 Å². The van der Waals surface area contributed by atoms with Crippen molar-refractivity contribution in [3.05, 3.63) is 30.0 Å². The molecule has 0 unspecified atom stereocenters. The van der Waals surface area contributed by atoms with Crippen LogP contribution in [0.1, 0.15) is 49.6 Å². The third kappa shape index (κ3) is 5.36. The lowest BCUT2D eigenvalue weighted by Crippen LogP contribution is -2.45. The Hall–Kier alpha value is -3.87. The average Bonchev–Trinajstić information content (AvgIpc) is 3.46. The number of nitrogens with one attached hydrogen (secondary N) is 2. The minimum atomic E-state index is -0.695. The Morgan fingerprint density at radius 3 is 2.68 bits per heavy atom. The Labute approximate surface area is 197 Å². The Morgan fingerprint density at radius 1 is 1.18 bits per heavy atom. The molecule has 10 heteroatoms. The number of guanidine groups is 1. The van der Waals surface area contributed by atoms with E-state index in [0.29, 0.717) is 24.2 Å². The molecule has 2 aliphatic rings. The summed E-state index contributed by atoms with van der Waals surface area (Å²) in [4.78, 5) is 45.3. The van der Waals surface area contributed by atoms with Gasteiger partial charge < -0.3 is 19.5 Å². The van der Waals surface area contributed by atoms with Crippen molar-refractivity contribution in [2.75, 3.05) is 31.5 Å². The molecule has 2 amide bonds. The largest absolute Gasteiger partial charge is 0.453 e. The third-order valence-electron chi connectivity index (χ3n) is 6.12. The summed E-state index contributed by atoms with van der Waals surface area (Å²) < 4.78 is 5.51. The van der Waals surface area contributed by atoms with Gasteiger partial charge in [0.2, 0.25) is 17.8 Å². The molecule has 1 aromatic heterocycles. The molecule has 10 nitrogen and oxygen atoms in total. The number of rotatable bonds is 5. The lowest BCUT2D eigenvalue weighted by molar-refractivity contribution is -0.140. The summed E-state index contributed by atoms with van der Waals surface area (Å²) in [6, 6.07) is 6.19. The molecular formula is C24H28N6O4. The number of ketones is 1. The van der Waals surface area contributed by atoms with Crippen LogP contribution in [0.4, 0.5) is 5.69 Å². The molecule has 2 aromatic rings. The number of Topliss-reactive ketones (excluding diaryl/α,β-unsaturated/α-hetero) is 1. The molecule has 2 N–H and O–H groups in total. The van der Waals surface area contributed by atoms with E-state index >= 15 is 0 Å². The molecule has 0 saturated carbocycles. The van der Waals surface area contributed by atoms with Gasteiger partial charge in [-0.1, -0.05) is 0 Å². The van der Waals surface area contributed by atoms with Crippen molar-refractivity contribution in [3.63, 3.8) is 0 Å². The van der Waals surface area contributed by atoms with Crippen molar-refractivity contribution in [1.29, 1.82) is 5.26 Å². The standard InChI is InChI=1S/C24H28N6O4/c1-16(31)21-13-17-12-18(7-8-20(17)34-21)27-24(26-15-25)28-19-6-2-3-11-30(23(19)33)14-22(32)29-9-4-5-10-29/h7-8,12-13,19H,2-6,9-11,14H2,1H3,(H2,26,27,28)/t19-/m0/s1. The van der Waals surface area contributed by atoms with Crippen LogP contribution < -0.4 is 10.6 Å². The number of carbonyl (C=O) groups excluding carboxylic acids is 3. The van der Waals surface area contributed by atoms with E-state index in [0.717, 1.165) is 44.2 Å². The highest BCUT2D eigenvalue weighted by Gasteiger charge is 2.30. The van der Waals surface area contributed by atoms with E-state index in [1.54, 1.807) is 29.2 Å². The van der Waals surface area contributed by atoms with E-state index in [2.05, 4.69) is 15.6 Å². The fraction of sp³-hybridized carbons (Fsp3) is 0.458. The summed E-state index contributed by atoms with van der Waals surface area (Å²) in [5.41, 5.74) is 1.19. The molecule has 1 atom stereocenters. The highest BCUT2D eigenvalue weighted by Crippen LogP contribution is 2.24. The number of fused-ring (bicyclic) bond motifs is 1. The number of hydrogen-bond donors (Lipinski definition) is 2. The van der Waals surface area contributed by atoms with Crippen LogP contribution in [0.5, 0.6) is 0 Å². The minimum absolute atomic E-state index is 0.0256. The first-order valence-electron chi connectivity index (χ1n) is 11.6. The summed E-state index contributed by atoms with van der Waals surface area (Å²) in [6.45, 7) is 3.52. The molecule has 2 saturated heterocycles. The van der Waals surface area contributed by atoms with Gasteiger partial charge in [0.25, 0.3) is 0 Å². The van der Waals surface area contributed by atoms with Crippen LogP contribution in [0.3, 0.4) is 0 Å². The molecule has 4 rings (SSSR count). The summed E-state index contributed by atoms with van der Waals surface area (Å²) >= 11 is 0. The molecule has 0 spiro atoms. The van der Waals surface area contributed by atoms with Crippen LogP contribution in [0, 0.1) is 11.5 Å². The lowest BCUT2D eigenvalue weighted by atomic mass is 10.1. The Balaban J connectivity index is 1.50. The minimum Gasteiger partial charge on any atom is -0.453 e. The van der Waals surface area contributed by atoms with E-state index in [9.17, 15) is 19.6 Å². The number of carbonyl (C=O) groups is 3. The maximum absolute atomic E-state index is 13.2. The summed E-state index contributed by atoms with van der Waals surface area (Å²) in [7, 11) is 0. The molecule has 0 aliphatic carbocycles. The van der Waals surface area contributed by atoms with Crippen molar-refractivity contribution in [3.8, 4) is 6.19 Å². The van der Waals surface area contributed by atoms with Crippen LogP contribution in [-0.4, -0.2) is 65.6 Å². The molecule has 2 aliphatic heterocycles. The van der Waals surface area contributed by atoms with Crippen molar-refractivity contribution >= 4 is 40.2 Å². The fourth-order valence-corrected chi connectivity index (χ4v) is 4.33. The average molecular weight is 465 g/mol. The monoisotopic (exact) mass is 464 g/mol. The van der Waals surface area contributed by atoms with Crippen LogP contribution in [0.15, 0.2) is 33.7 Å². The summed E-state index contributed by atoms with van der Waals surface area (Å²) in [5, 5.41) is 15.5. The number of anilines is 1. The lowest BCUT2D eigenvalue weighted by Gasteiger charge is -2.25. The zero-order valence-electron chi connectivity index (χ0n) is 19.2. The van der Waals surface area contributed by atoms with Crippen molar-refractivity contribution in [2.24, 2.45) is 4.99 Å². The number of benzene rings is 1. The number of hydrogen-bond acceptors (Lipinski definition) is 6. The van der Waals surface area contributed by atoms with Crippen molar-refractivity contribution in [2.45, 2.75) is 45.1 Å². The molecule has 0 bridgehead atoms. The third-order valence-corrected chi connectivity index (χ3v) is 6.12. The zero-order valence-corrected chi connectivity index (χ0v) is 19.2. The second kappa shape index (κ2) is 10.4. The maximum Gasteiger partial charge on any atom is 0.247 e. The first-order chi connectivity index (χ1) is 16.4. The number of aliphatic imine (C=N–C) groups is 1. The Morgan fingerprint density at radius 2 is 1.94 bits per heavy atom. The van der Waals surface area contributed by atoms with E-state index in [4.69, 9.17) is 4.42 Å². The number of nitriles is 1. The zero-order chi connectivity index (χ0) is 24.1. The van der Waals surface area contributed by atoms with Gasteiger partial charge in [0.05, 0.1) is 6.54 Å². The van der Waals surface area contributed by atoms with Gasteiger partial charge in [-0.3, -0.25) is 19.7 Å². The molecular weight excluding hydrogens is 436 g/mol. The van der Waals surface area contributed by atoms with Gasteiger partial charge in [-0.25, -0.2) is 4.99 Å². The first kappa shape index (κ1) is 23.3. The summed E-state index contributed by atoms with van der Waals surface area (Å²) in [5.74, 6) is 0.00793. The second-order valence-corrected chi connectivity index (χ2v) is 8.62. The van der Waals surface area contributed by atoms with Gasteiger partial charge in [-0.2, -0.15) is 5.26 Å². The molecule has 178 valence electrons. The highest BCUT2D eigenvalue weighted by molar-refractivity contribution is 6.00. The van der Waals surface area contributed by atoms with E-state index < -0.39 is 6.04 Å². The van der Waals surface area contributed by atoms with Crippen LogP contribution in [-0.2, 0) is 9.59 Å². The highest BCUT2D eigenvalue weighted by atomic mass is 16.3. The number of amides is 2. The van der Waals surface area contributed by atoms with E-state index in [1.807, 2.05) is 11.1 Å². The molecule has 3 heterocycles. The molecule has 2 fully saturated rings.